The van der Waals surface area contributed by atoms with Gasteiger partial charge in [-0.15, -0.1) is 0 Å². The molecule has 0 bridgehead atoms. The van der Waals surface area contributed by atoms with Crippen molar-refractivity contribution >= 4 is 11.4 Å². The SMILES string of the molecule is Nc1cc(C(F)(F)F)ccc1N1CCC[C@H]2CCCC[C@@H]21. The zero-order valence-electron chi connectivity index (χ0n) is 12.0. The second-order valence-electron chi connectivity index (χ2n) is 6.22. The van der Waals surface area contributed by atoms with E-state index < -0.39 is 11.7 Å². The maximum Gasteiger partial charge on any atom is 0.416 e. The van der Waals surface area contributed by atoms with Crippen molar-refractivity contribution in [2.45, 2.75) is 50.7 Å². The summed E-state index contributed by atoms with van der Waals surface area (Å²) in [5, 5.41) is 0. The first-order valence-electron chi connectivity index (χ1n) is 7.70. The van der Waals surface area contributed by atoms with E-state index in [9.17, 15) is 13.2 Å². The predicted molar refractivity (Wildman–Crippen MR) is 78.2 cm³/mol. The Balaban J connectivity index is 1.88. The monoisotopic (exact) mass is 298 g/mol. The second-order valence-corrected chi connectivity index (χ2v) is 6.22. The highest BCUT2D eigenvalue weighted by Gasteiger charge is 2.35. The van der Waals surface area contributed by atoms with E-state index in [1.165, 1.54) is 25.7 Å². The number of hydrogen-bond acceptors (Lipinski definition) is 2. The summed E-state index contributed by atoms with van der Waals surface area (Å²) in [5.41, 5.74) is 6.29. The molecule has 1 saturated heterocycles. The van der Waals surface area contributed by atoms with Gasteiger partial charge in [-0.05, 0) is 49.8 Å². The van der Waals surface area contributed by atoms with Gasteiger partial charge in [0.15, 0.2) is 0 Å². The minimum Gasteiger partial charge on any atom is -0.397 e. The number of hydrogen-bond donors (Lipinski definition) is 1. The van der Waals surface area contributed by atoms with Crippen LogP contribution < -0.4 is 10.6 Å². The van der Waals surface area contributed by atoms with Crippen LogP contribution in [0.25, 0.3) is 0 Å². The molecule has 0 radical (unpaired) electrons. The Morgan fingerprint density at radius 3 is 2.48 bits per heavy atom. The minimum absolute atomic E-state index is 0.246. The highest BCUT2D eigenvalue weighted by molar-refractivity contribution is 5.69. The molecule has 2 nitrogen and oxygen atoms in total. The Morgan fingerprint density at radius 1 is 1.05 bits per heavy atom. The van der Waals surface area contributed by atoms with Crippen molar-refractivity contribution in [1.29, 1.82) is 0 Å². The molecule has 0 amide bonds. The second kappa shape index (κ2) is 5.43. The van der Waals surface area contributed by atoms with Gasteiger partial charge < -0.3 is 10.6 Å². The average molecular weight is 298 g/mol. The van der Waals surface area contributed by atoms with Gasteiger partial charge in [-0.25, -0.2) is 0 Å². The first kappa shape index (κ1) is 14.5. The fourth-order valence-electron chi connectivity index (χ4n) is 3.92. The largest absolute Gasteiger partial charge is 0.416 e. The standard InChI is InChI=1S/C16H21F3N2/c17-16(18,19)12-7-8-15(13(20)10-12)21-9-3-5-11-4-1-2-6-14(11)21/h7-8,10-11,14H,1-6,9,20H2/t11-,14+/m1/s1. The molecule has 2 aliphatic rings. The first-order chi connectivity index (χ1) is 9.97. The lowest BCUT2D eigenvalue weighted by Crippen LogP contribution is -2.47. The summed E-state index contributed by atoms with van der Waals surface area (Å²) in [6.45, 7) is 0.900. The number of alkyl halides is 3. The van der Waals surface area contributed by atoms with E-state index >= 15 is 0 Å². The third-order valence-corrected chi connectivity index (χ3v) is 4.91. The van der Waals surface area contributed by atoms with Crippen LogP contribution in [0.5, 0.6) is 0 Å². The maximum atomic E-state index is 12.7. The van der Waals surface area contributed by atoms with E-state index in [1.54, 1.807) is 6.07 Å². The molecular weight excluding hydrogens is 277 g/mol. The van der Waals surface area contributed by atoms with Crippen molar-refractivity contribution in [2.75, 3.05) is 17.2 Å². The molecule has 2 fully saturated rings. The fraction of sp³-hybridized carbons (Fsp3) is 0.625. The molecule has 116 valence electrons. The number of benzene rings is 1. The molecular formula is C16H21F3N2. The van der Waals surface area contributed by atoms with Crippen molar-refractivity contribution in [3.8, 4) is 0 Å². The van der Waals surface area contributed by atoms with E-state index in [0.29, 0.717) is 12.0 Å². The van der Waals surface area contributed by atoms with E-state index in [2.05, 4.69) is 4.90 Å². The quantitative estimate of drug-likeness (QED) is 0.776. The summed E-state index contributed by atoms with van der Waals surface area (Å²) in [5.74, 6) is 0.675. The Morgan fingerprint density at radius 2 is 1.76 bits per heavy atom. The molecule has 1 heterocycles. The van der Waals surface area contributed by atoms with E-state index in [4.69, 9.17) is 5.73 Å². The molecule has 2 N–H and O–H groups in total. The number of piperidine rings is 1. The molecule has 1 aromatic rings. The van der Waals surface area contributed by atoms with Crippen LogP contribution in [0.15, 0.2) is 18.2 Å². The van der Waals surface area contributed by atoms with Crippen LogP contribution in [-0.2, 0) is 6.18 Å². The minimum atomic E-state index is -4.33. The van der Waals surface area contributed by atoms with Crippen LogP contribution in [0.3, 0.4) is 0 Å². The van der Waals surface area contributed by atoms with Crippen molar-refractivity contribution in [3.05, 3.63) is 23.8 Å². The van der Waals surface area contributed by atoms with E-state index in [-0.39, 0.29) is 5.69 Å². The number of nitrogen functional groups attached to an aromatic ring is 1. The molecule has 0 aromatic heterocycles. The third kappa shape index (κ3) is 2.83. The Labute approximate surface area is 123 Å². The van der Waals surface area contributed by atoms with E-state index in [0.717, 1.165) is 37.2 Å². The molecule has 1 aliphatic carbocycles. The lowest BCUT2D eigenvalue weighted by Gasteiger charge is -2.45. The number of rotatable bonds is 1. The van der Waals surface area contributed by atoms with Crippen LogP contribution in [0.4, 0.5) is 24.5 Å². The van der Waals surface area contributed by atoms with Crippen LogP contribution in [0.2, 0.25) is 0 Å². The number of halogens is 3. The normalized spacial score (nSPS) is 26.5. The topological polar surface area (TPSA) is 29.3 Å². The maximum absolute atomic E-state index is 12.7. The number of anilines is 2. The lowest BCUT2D eigenvalue weighted by atomic mass is 9.78. The molecule has 1 saturated carbocycles. The number of fused-ring (bicyclic) bond motifs is 1. The number of nitrogens with zero attached hydrogens (tertiary/aromatic N) is 1. The predicted octanol–water partition coefficient (Wildman–Crippen LogP) is 4.45. The molecule has 0 unspecified atom stereocenters. The first-order valence-corrected chi connectivity index (χ1v) is 7.70. The number of nitrogens with two attached hydrogens (primary N) is 1. The summed E-state index contributed by atoms with van der Waals surface area (Å²) in [4.78, 5) is 2.25. The molecule has 5 heteroatoms. The summed E-state index contributed by atoms with van der Waals surface area (Å²) < 4.78 is 38.2. The molecule has 0 spiro atoms. The van der Waals surface area contributed by atoms with Gasteiger partial charge in [-0.1, -0.05) is 12.8 Å². The zero-order chi connectivity index (χ0) is 15.0. The highest BCUT2D eigenvalue weighted by atomic mass is 19.4. The van der Waals surface area contributed by atoms with Crippen molar-refractivity contribution in [1.82, 2.24) is 0 Å². The fourth-order valence-corrected chi connectivity index (χ4v) is 3.92. The van der Waals surface area contributed by atoms with Crippen LogP contribution in [-0.4, -0.2) is 12.6 Å². The van der Waals surface area contributed by atoms with Gasteiger partial charge in [0.2, 0.25) is 0 Å². The van der Waals surface area contributed by atoms with Crippen molar-refractivity contribution < 1.29 is 13.2 Å². The summed E-state index contributed by atoms with van der Waals surface area (Å²) >= 11 is 0. The van der Waals surface area contributed by atoms with Gasteiger partial charge in [0.25, 0.3) is 0 Å². The summed E-state index contributed by atoms with van der Waals surface area (Å²) in [6, 6.07) is 4.22. The van der Waals surface area contributed by atoms with Gasteiger partial charge in [-0.2, -0.15) is 13.2 Å². The zero-order valence-corrected chi connectivity index (χ0v) is 12.0. The van der Waals surface area contributed by atoms with Gasteiger partial charge in [-0.3, -0.25) is 0 Å². The third-order valence-electron chi connectivity index (χ3n) is 4.91. The van der Waals surface area contributed by atoms with Crippen molar-refractivity contribution in [2.24, 2.45) is 5.92 Å². The molecule has 3 rings (SSSR count). The molecule has 2 atom stereocenters. The Bertz CT molecular complexity index is 511. The van der Waals surface area contributed by atoms with Crippen LogP contribution >= 0.6 is 0 Å². The smallest absolute Gasteiger partial charge is 0.397 e. The van der Waals surface area contributed by atoms with E-state index in [1.807, 2.05) is 0 Å². The Hall–Kier alpha value is -1.39. The van der Waals surface area contributed by atoms with Crippen molar-refractivity contribution in [3.63, 3.8) is 0 Å². The van der Waals surface area contributed by atoms with Gasteiger partial charge >= 0.3 is 6.18 Å². The summed E-state index contributed by atoms with van der Waals surface area (Å²) in [7, 11) is 0. The van der Waals surface area contributed by atoms with Crippen LogP contribution in [0.1, 0.15) is 44.1 Å². The van der Waals surface area contributed by atoms with Gasteiger partial charge in [0.1, 0.15) is 0 Å². The summed E-state index contributed by atoms with van der Waals surface area (Å²) in [6.07, 6.45) is 2.85. The Kier molecular flexibility index (Phi) is 3.76. The highest BCUT2D eigenvalue weighted by Crippen LogP contribution is 2.41. The molecule has 1 aliphatic heterocycles. The average Bonchev–Trinajstić information content (AvgIpc) is 2.46. The lowest BCUT2D eigenvalue weighted by molar-refractivity contribution is -0.137. The van der Waals surface area contributed by atoms with Crippen LogP contribution in [0, 0.1) is 5.92 Å². The molecule has 1 aromatic carbocycles. The van der Waals surface area contributed by atoms with Gasteiger partial charge in [0.05, 0.1) is 16.9 Å². The van der Waals surface area contributed by atoms with Gasteiger partial charge in [0, 0.05) is 12.6 Å². The molecule has 21 heavy (non-hydrogen) atoms.